The first-order valence-corrected chi connectivity index (χ1v) is 9.14. The molecule has 0 bridgehead atoms. The number of guanidine groups is 1. The molecule has 6 heteroatoms. The minimum atomic E-state index is -0.322. The van der Waals surface area contributed by atoms with Crippen molar-refractivity contribution in [3.8, 4) is 0 Å². The number of thiophene rings is 1. The molecule has 0 fully saturated rings. The van der Waals surface area contributed by atoms with Gasteiger partial charge in [0.2, 0.25) is 0 Å². The van der Waals surface area contributed by atoms with Gasteiger partial charge in [0.05, 0.1) is 12.7 Å². The van der Waals surface area contributed by atoms with E-state index >= 15 is 0 Å². The Morgan fingerprint density at radius 3 is 2.60 bits per heavy atom. The van der Waals surface area contributed by atoms with Gasteiger partial charge in [-0.1, -0.05) is 25.1 Å². The molecule has 1 aromatic carbocycles. The van der Waals surface area contributed by atoms with Crippen LogP contribution in [-0.2, 0) is 17.7 Å². The summed E-state index contributed by atoms with van der Waals surface area (Å²) in [5.74, 6) is 0.975. The first kappa shape index (κ1) is 19.0. The van der Waals surface area contributed by atoms with Crippen molar-refractivity contribution in [2.75, 3.05) is 20.7 Å². The van der Waals surface area contributed by atoms with Crippen LogP contribution in [0.3, 0.4) is 0 Å². The van der Waals surface area contributed by atoms with E-state index in [4.69, 9.17) is 4.74 Å². The minimum absolute atomic E-state index is 0.322. The highest BCUT2D eigenvalue weighted by Crippen LogP contribution is 2.13. The van der Waals surface area contributed by atoms with Crippen molar-refractivity contribution in [2.45, 2.75) is 19.9 Å². The molecule has 0 spiro atoms. The Kier molecular flexibility index (Phi) is 7.47. The normalized spacial score (nSPS) is 12.5. The topological polar surface area (TPSA) is 62.7 Å². The Morgan fingerprint density at radius 2 is 2.00 bits per heavy atom. The molecule has 0 aliphatic heterocycles. The molecule has 2 N–H and O–H groups in total. The van der Waals surface area contributed by atoms with E-state index in [1.807, 2.05) is 12.1 Å². The third kappa shape index (κ3) is 6.23. The van der Waals surface area contributed by atoms with Gasteiger partial charge < -0.3 is 15.4 Å². The molecule has 0 radical (unpaired) electrons. The van der Waals surface area contributed by atoms with Gasteiger partial charge in [0, 0.05) is 25.0 Å². The maximum absolute atomic E-state index is 11.4. The van der Waals surface area contributed by atoms with Gasteiger partial charge in [0.25, 0.3) is 0 Å². The van der Waals surface area contributed by atoms with Crippen molar-refractivity contribution in [1.29, 1.82) is 0 Å². The number of rotatable bonds is 7. The molecule has 1 heterocycles. The number of hydrogen-bond acceptors (Lipinski definition) is 4. The summed E-state index contributed by atoms with van der Waals surface area (Å²) in [6, 6.07) is 11.6. The highest BCUT2D eigenvalue weighted by atomic mass is 32.1. The summed E-state index contributed by atoms with van der Waals surface area (Å²) in [5, 5.41) is 8.76. The Morgan fingerprint density at radius 1 is 1.24 bits per heavy atom. The second-order valence-electron chi connectivity index (χ2n) is 5.88. The van der Waals surface area contributed by atoms with Crippen molar-refractivity contribution >= 4 is 23.3 Å². The zero-order valence-corrected chi connectivity index (χ0v) is 15.7. The monoisotopic (exact) mass is 359 g/mol. The Labute approximate surface area is 153 Å². The van der Waals surface area contributed by atoms with Gasteiger partial charge in [0.15, 0.2) is 5.96 Å². The molecule has 25 heavy (non-hydrogen) atoms. The van der Waals surface area contributed by atoms with Crippen LogP contribution in [0.4, 0.5) is 0 Å². The first-order valence-electron chi connectivity index (χ1n) is 8.26. The summed E-state index contributed by atoms with van der Waals surface area (Å²) in [7, 11) is 3.15. The van der Waals surface area contributed by atoms with E-state index in [0.717, 1.165) is 24.5 Å². The fourth-order valence-electron chi connectivity index (χ4n) is 2.40. The molecule has 134 valence electrons. The Balaban J connectivity index is 1.77. The Bertz CT molecular complexity index is 681. The second kappa shape index (κ2) is 9.84. The van der Waals surface area contributed by atoms with Crippen LogP contribution in [0.25, 0.3) is 0 Å². The number of ether oxygens (including phenoxy) is 1. The SMILES string of the molecule is CN=C(NCc1ccc(C(=O)OC)cc1)NCC(C)Cc1cccs1. The molecule has 1 aromatic heterocycles. The van der Waals surface area contributed by atoms with E-state index in [0.29, 0.717) is 18.0 Å². The molecule has 5 nitrogen and oxygen atoms in total. The van der Waals surface area contributed by atoms with Crippen LogP contribution in [-0.4, -0.2) is 32.6 Å². The van der Waals surface area contributed by atoms with E-state index in [2.05, 4.69) is 40.1 Å². The van der Waals surface area contributed by atoms with Crippen molar-refractivity contribution in [1.82, 2.24) is 10.6 Å². The summed E-state index contributed by atoms with van der Waals surface area (Å²) in [5.41, 5.74) is 1.62. The van der Waals surface area contributed by atoms with Crippen molar-refractivity contribution in [2.24, 2.45) is 10.9 Å². The Hall–Kier alpha value is -2.34. The van der Waals surface area contributed by atoms with Crippen molar-refractivity contribution in [3.63, 3.8) is 0 Å². The molecular formula is C19H25N3O2S. The zero-order valence-electron chi connectivity index (χ0n) is 14.9. The van der Waals surface area contributed by atoms with Gasteiger partial charge in [-0.15, -0.1) is 11.3 Å². The predicted octanol–water partition coefficient (Wildman–Crippen LogP) is 3.08. The lowest BCUT2D eigenvalue weighted by Gasteiger charge is -2.15. The van der Waals surface area contributed by atoms with Gasteiger partial charge in [0.1, 0.15) is 0 Å². The highest BCUT2D eigenvalue weighted by Gasteiger charge is 2.07. The van der Waals surface area contributed by atoms with Crippen LogP contribution >= 0.6 is 11.3 Å². The fourth-order valence-corrected chi connectivity index (χ4v) is 3.27. The number of hydrogen-bond donors (Lipinski definition) is 2. The fraction of sp³-hybridized carbons (Fsp3) is 0.368. The predicted molar refractivity (Wildman–Crippen MR) is 103 cm³/mol. The van der Waals surface area contributed by atoms with Crippen LogP contribution < -0.4 is 10.6 Å². The summed E-state index contributed by atoms with van der Waals surface area (Å²) in [6.45, 7) is 3.73. The van der Waals surface area contributed by atoms with Gasteiger partial charge in [-0.25, -0.2) is 4.79 Å². The number of methoxy groups -OCH3 is 1. The molecule has 2 aromatic rings. The van der Waals surface area contributed by atoms with Crippen molar-refractivity contribution in [3.05, 3.63) is 57.8 Å². The number of benzene rings is 1. The third-order valence-corrected chi connectivity index (χ3v) is 4.71. The molecule has 1 atom stereocenters. The lowest BCUT2D eigenvalue weighted by Crippen LogP contribution is -2.39. The smallest absolute Gasteiger partial charge is 0.337 e. The van der Waals surface area contributed by atoms with Gasteiger partial charge >= 0.3 is 5.97 Å². The summed E-state index contributed by atoms with van der Waals surface area (Å²) in [4.78, 5) is 17.1. The largest absolute Gasteiger partial charge is 0.465 e. The quantitative estimate of drug-likeness (QED) is 0.453. The number of aliphatic imine (C=N–C) groups is 1. The average Bonchev–Trinajstić information content (AvgIpc) is 3.14. The van der Waals surface area contributed by atoms with Crippen LogP contribution in [0.2, 0.25) is 0 Å². The molecular weight excluding hydrogens is 334 g/mol. The number of carbonyl (C=O) groups excluding carboxylic acids is 1. The number of nitrogens with one attached hydrogen (secondary N) is 2. The molecule has 2 rings (SSSR count). The summed E-state index contributed by atoms with van der Waals surface area (Å²) in [6.07, 6.45) is 1.07. The van der Waals surface area contributed by atoms with E-state index in [1.165, 1.54) is 12.0 Å². The van der Waals surface area contributed by atoms with Crippen LogP contribution in [0.5, 0.6) is 0 Å². The average molecular weight is 359 g/mol. The molecule has 1 unspecified atom stereocenters. The molecule has 0 saturated carbocycles. The van der Waals surface area contributed by atoms with Gasteiger partial charge in [-0.2, -0.15) is 0 Å². The summed E-state index contributed by atoms with van der Waals surface area (Å²) < 4.78 is 4.70. The maximum atomic E-state index is 11.4. The summed E-state index contributed by atoms with van der Waals surface area (Å²) >= 11 is 1.80. The minimum Gasteiger partial charge on any atom is -0.465 e. The molecule has 0 amide bonds. The zero-order chi connectivity index (χ0) is 18.1. The molecule has 0 saturated heterocycles. The molecule has 0 aliphatic rings. The van der Waals surface area contributed by atoms with E-state index in [-0.39, 0.29) is 5.97 Å². The number of nitrogens with zero attached hydrogens (tertiary/aromatic N) is 1. The number of carbonyl (C=O) groups is 1. The standard InChI is InChI=1S/C19H25N3O2S/c1-14(11-17-5-4-10-25-17)12-21-19(20-2)22-13-15-6-8-16(9-7-15)18(23)24-3/h4-10,14H,11-13H2,1-3H3,(H2,20,21,22). The van der Waals surface area contributed by atoms with Gasteiger partial charge in [-0.3, -0.25) is 4.99 Å². The number of esters is 1. The lowest BCUT2D eigenvalue weighted by molar-refractivity contribution is 0.0600. The van der Waals surface area contributed by atoms with E-state index in [1.54, 1.807) is 30.5 Å². The van der Waals surface area contributed by atoms with Crippen LogP contribution in [0.1, 0.15) is 27.7 Å². The second-order valence-corrected chi connectivity index (χ2v) is 6.92. The van der Waals surface area contributed by atoms with Gasteiger partial charge in [-0.05, 0) is 41.5 Å². The lowest BCUT2D eigenvalue weighted by atomic mass is 10.1. The van der Waals surface area contributed by atoms with Crippen LogP contribution in [0, 0.1) is 5.92 Å². The third-order valence-electron chi connectivity index (χ3n) is 3.81. The maximum Gasteiger partial charge on any atom is 0.337 e. The van der Waals surface area contributed by atoms with E-state index in [9.17, 15) is 4.79 Å². The highest BCUT2D eigenvalue weighted by molar-refractivity contribution is 7.09. The van der Waals surface area contributed by atoms with Crippen LogP contribution in [0.15, 0.2) is 46.8 Å². The first-order chi connectivity index (χ1) is 12.1. The van der Waals surface area contributed by atoms with Crippen molar-refractivity contribution < 1.29 is 9.53 Å². The van der Waals surface area contributed by atoms with E-state index < -0.39 is 0 Å². The molecule has 0 aliphatic carbocycles.